The first kappa shape index (κ1) is 20.8. The predicted octanol–water partition coefficient (Wildman–Crippen LogP) is 4.92. The summed E-state index contributed by atoms with van der Waals surface area (Å²) in [5.41, 5.74) is 2.50. The number of fused-ring (bicyclic) bond motifs is 1. The van der Waals surface area contributed by atoms with Gasteiger partial charge in [-0.25, -0.2) is 0 Å². The van der Waals surface area contributed by atoms with E-state index in [0.29, 0.717) is 40.0 Å². The predicted molar refractivity (Wildman–Crippen MR) is 120 cm³/mol. The molecule has 0 spiro atoms. The summed E-state index contributed by atoms with van der Waals surface area (Å²) >= 11 is 6.11. The largest absolute Gasteiger partial charge is 0.497 e. The van der Waals surface area contributed by atoms with Crippen molar-refractivity contribution in [2.75, 3.05) is 17.3 Å². The van der Waals surface area contributed by atoms with Gasteiger partial charge < -0.3 is 19.7 Å². The van der Waals surface area contributed by atoms with Crippen LogP contribution in [0.25, 0.3) is 0 Å². The quantitative estimate of drug-likeness (QED) is 0.616. The number of carbonyl (C=O) groups excluding carboxylic acids is 2. The van der Waals surface area contributed by atoms with Gasteiger partial charge in [0.25, 0.3) is 11.8 Å². The van der Waals surface area contributed by atoms with Gasteiger partial charge in [0.2, 0.25) is 0 Å². The van der Waals surface area contributed by atoms with Crippen molar-refractivity contribution in [2.24, 2.45) is 0 Å². The first-order valence-electron chi connectivity index (χ1n) is 9.76. The average molecular weight is 437 g/mol. The molecule has 0 saturated carbocycles. The Labute approximate surface area is 185 Å². The highest BCUT2D eigenvalue weighted by atomic mass is 35.5. The molecule has 1 N–H and O–H groups in total. The molecule has 6 nitrogen and oxygen atoms in total. The van der Waals surface area contributed by atoms with Crippen LogP contribution in [0.5, 0.6) is 11.5 Å². The molecule has 4 rings (SSSR count). The summed E-state index contributed by atoms with van der Waals surface area (Å²) in [4.78, 5) is 27.2. The maximum absolute atomic E-state index is 12.9. The zero-order chi connectivity index (χ0) is 22.0. The minimum Gasteiger partial charge on any atom is -0.497 e. The lowest BCUT2D eigenvalue weighted by molar-refractivity contribution is -0.125. The van der Waals surface area contributed by atoms with Crippen LogP contribution >= 0.6 is 11.6 Å². The lowest BCUT2D eigenvalue weighted by Crippen LogP contribution is -2.44. The molecule has 0 radical (unpaired) electrons. The highest BCUT2D eigenvalue weighted by Crippen LogP contribution is 2.37. The van der Waals surface area contributed by atoms with Crippen molar-refractivity contribution in [2.45, 2.75) is 19.6 Å². The van der Waals surface area contributed by atoms with Gasteiger partial charge in [0.15, 0.2) is 6.10 Å². The van der Waals surface area contributed by atoms with Gasteiger partial charge in [-0.3, -0.25) is 9.59 Å². The molecule has 0 aromatic heterocycles. The van der Waals surface area contributed by atoms with Gasteiger partial charge in [0.05, 0.1) is 19.3 Å². The number of carbonyl (C=O) groups is 2. The molecule has 1 aliphatic rings. The van der Waals surface area contributed by atoms with Crippen molar-refractivity contribution in [1.29, 1.82) is 0 Å². The Balaban J connectivity index is 1.62. The number of methoxy groups -OCH3 is 1. The van der Waals surface area contributed by atoms with E-state index in [2.05, 4.69) is 5.32 Å². The van der Waals surface area contributed by atoms with Gasteiger partial charge in [-0.2, -0.15) is 0 Å². The lowest BCUT2D eigenvalue weighted by atomic mass is 10.1. The number of nitrogens with one attached hydrogen (secondary N) is 1. The molecule has 1 heterocycles. The molecule has 31 heavy (non-hydrogen) atoms. The number of hydrogen-bond acceptors (Lipinski definition) is 4. The van der Waals surface area contributed by atoms with Crippen LogP contribution in [-0.4, -0.2) is 25.0 Å². The number of amides is 2. The molecule has 3 aromatic carbocycles. The number of benzene rings is 3. The number of ether oxygens (including phenoxy) is 2. The number of halogens is 1. The van der Waals surface area contributed by atoms with Crippen LogP contribution in [0.4, 0.5) is 11.4 Å². The topological polar surface area (TPSA) is 67.9 Å². The summed E-state index contributed by atoms with van der Waals surface area (Å²) in [6.07, 6.45) is -0.607. The van der Waals surface area contributed by atoms with Crippen LogP contribution < -0.4 is 19.7 Å². The van der Waals surface area contributed by atoms with Gasteiger partial charge in [-0.15, -0.1) is 0 Å². The van der Waals surface area contributed by atoms with E-state index < -0.39 is 6.10 Å². The van der Waals surface area contributed by atoms with Crippen molar-refractivity contribution >= 4 is 34.8 Å². The minimum atomic E-state index is -0.607. The van der Waals surface area contributed by atoms with E-state index in [1.165, 1.54) is 0 Å². The fraction of sp³-hybridized carbons (Fsp3) is 0.167. The van der Waals surface area contributed by atoms with E-state index >= 15 is 0 Å². The Hall–Kier alpha value is -3.51. The molecular formula is C24H21ClN2O4. The molecule has 1 unspecified atom stereocenters. The van der Waals surface area contributed by atoms with Crippen LogP contribution in [0.2, 0.25) is 5.02 Å². The van der Waals surface area contributed by atoms with E-state index in [4.69, 9.17) is 21.1 Å². The van der Waals surface area contributed by atoms with Gasteiger partial charge >= 0.3 is 0 Å². The third-order valence-electron chi connectivity index (χ3n) is 4.99. The normalized spacial score (nSPS) is 15.1. The van der Waals surface area contributed by atoms with Gasteiger partial charge in [-0.05, 0) is 61.0 Å². The molecule has 0 aliphatic carbocycles. The molecule has 1 aliphatic heterocycles. The SMILES string of the molecule is COc1cccc(C(=O)Nc2ccc3c(c2)N(Cc2cccc(Cl)c2)C(=O)C(C)O3)c1. The minimum absolute atomic E-state index is 0.163. The van der Waals surface area contributed by atoms with Crippen LogP contribution in [-0.2, 0) is 11.3 Å². The Bertz CT molecular complexity index is 1150. The third kappa shape index (κ3) is 4.49. The Morgan fingerprint density at radius 3 is 2.71 bits per heavy atom. The van der Waals surface area contributed by atoms with Crippen LogP contribution in [0.3, 0.4) is 0 Å². The Morgan fingerprint density at radius 1 is 1.13 bits per heavy atom. The van der Waals surface area contributed by atoms with Crippen molar-refractivity contribution in [1.82, 2.24) is 0 Å². The number of hydrogen-bond donors (Lipinski definition) is 1. The van der Waals surface area contributed by atoms with Crippen LogP contribution in [0.1, 0.15) is 22.8 Å². The summed E-state index contributed by atoms with van der Waals surface area (Å²) in [5, 5.41) is 3.47. The van der Waals surface area contributed by atoms with Crippen molar-refractivity contribution in [3.05, 3.63) is 82.9 Å². The number of rotatable bonds is 5. The smallest absolute Gasteiger partial charge is 0.268 e. The molecule has 1 atom stereocenters. The maximum Gasteiger partial charge on any atom is 0.268 e. The van der Waals surface area contributed by atoms with Crippen LogP contribution in [0.15, 0.2) is 66.7 Å². The van der Waals surface area contributed by atoms with E-state index in [1.807, 2.05) is 18.2 Å². The van der Waals surface area contributed by atoms with E-state index in [9.17, 15) is 9.59 Å². The highest BCUT2D eigenvalue weighted by molar-refractivity contribution is 6.30. The monoisotopic (exact) mass is 436 g/mol. The summed E-state index contributed by atoms with van der Waals surface area (Å²) in [6, 6.07) is 19.5. The molecule has 3 aromatic rings. The molecule has 0 bridgehead atoms. The summed E-state index contributed by atoms with van der Waals surface area (Å²) in [7, 11) is 1.55. The second-order valence-corrected chi connectivity index (χ2v) is 7.62. The van der Waals surface area contributed by atoms with Crippen LogP contribution in [0, 0.1) is 0 Å². The van der Waals surface area contributed by atoms with E-state index in [0.717, 1.165) is 5.56 Å². The summed E-state index contributed by atoms with van der Waals surface area (Å²) in [6.45, 7) is 2.06. The first-order valence-corrected chi connectivity index (χ1v) is 10.1. The first-order chi connectivity index (χ1) is 14.9. The average Bonchev–Trinajstić information content (AvgIpc) is 2.77. The molecule has 158 valence electrons. The van der Waals surface area contributed by atoms with Gasteiger partial charge in [0, 0.05) is 16.3 Å². The molecular weight excluding hydrogens is 416 g/mol. The number of anilines is 2. The van der Waals surface area contributed by atoms with Gasteiger partial charge in [0.1, 0.15) is 11.5 Å². The zero-order valence-electron chi connectivity index (χ0n) is 17.1. The molecule has 0 fully saturated rings. The fourth-order valence-electron chi connectivity index (χ4n) is 3.43. The highest BCUT2D eigenvalue weighted by Gasteiger charge is 2.32. The van der Waals surface area contributed by atoms with Crippen molar-refractivity contribution < 1.29 is 19.1 Å². The molecule has 2 amide bonds. The lowest BCUT2D eigenvalue weighted by Gasteiger charge is -2.33. The third-order valence-corrected chi connectivity index (χ3v) is 5.22. The Kier molecular flexibility index (Phi) is 5.82. The Morgan fingerprint density at radius 2 is 1.94 bits per heavy atom. The zero-order valence-corrected chi connectivity index (χ0v) is 17.8. The summed E-state index contributed by atoms with van der Waals surface area (Å²) < 4.78 is 10.9. The fourth-order valence-corrected chi connectivity index (χ4v) is 3.65. The standard InChI is InChI=1S/C24H21ClN2O4/c1-15-24(29)27(14-16-5-3-7-18(25)11-16)21-13-19(9-10-22(21)31-15)26-23(28)17-6-4-8-20(12-17)30-2/h3-13,15H,14H2,1-2H3,(H,26,28). The maximum atomic E-state index is 12.9. The molecule has 0 saturated heterocycles. The molecule has 7 heteroatoms. The van der Waals surface area contributed by atoms with Crippen molar-refractivity contribution in [3.8, 4) is 11.5 Å². The van der Waals surface area contributed by atoms with E-state index in [1.54, 1.807) is 67.5 Å². The van der Waals surface area contributed by atoms with E-state index in [-0.39, 0.29) is 11.8 Å². The second kappa shape index (κ2) is 8.70. The van der Waals surface area contributed by atoms with Crippen molar-refractivity contribution in [3.63, 3.8) is 0 Å². The van der Waals surface area contributed by atoms with Gasteiger partial charge in [-0.1, -0.05) is 29.8 Å². The second-order valence-electron chi connectivity index (χ2n) is 7.18. The summed E-state index contributed by atoms with van der Waals surface area (Å²) in [5.74, 6) is 0.729. The number of nitrogens with zero attached hydrogens (tertiary/aromatic N) is 1.